The predicted molar refractivity (Wildman–Crippen MR) is 163 cm³/mol. The van der Waals surface area contributed by atoms with Gasteiger partial charge in [-0.3, -0.25) is 4.79 Å². The van der Waals surface area contributed by atoms with Crippen molar-refractivity contribution in [3.8, 4) is 22.6 Å². The molecule has 0 amide bonds. The Kier molecular flexibility index (Phi) is 9.10. The van der Waals surface area contributed by atoms with E-state index >= 15 is 8.78 Å². The Balaban J connectivity index is 1.42. The summed E-state index contributed by atoms with van der Waals surface area (Å²) in [6, 6.07) is 10.8. The number of nitrogens with zero attached hydrogens (tertiary/aromatic N) is 2. The highest BCUT2D eigenvalue weighted by Crippen LogP contribution is 2.40. The third kappa shape index (κ3) is 7.55. The number of hydrogen-bond donors (Lipinski definition) is 0. The monoisotopic (exact) mass is 610 g/mol. The van der Waals surface area contributed by atoms with E-state index in [2.05, 4.69) is 31.5 Å². The van der Waals surface area contributed by atoms with Gasteiger partial charge in [0.1, 0.15) is 29.7 Å². The number of ether oxygens (including phenoxy) is 3. The Labute approximate surface area is 250 Å². The molecule has 4 aromatic rings. The summed E-state index contributed by atoms with van der Waals surface area (Å²) in [5.41, 5.74) is 1.84. The fourth-order valence-electron chi connectivity index (χ4n) is 5.06. The molecule has 5 rings (SSSR count). The summed E-state index contributed by atoms with van der Waals surface area (Å²) in [6.07, 6.45) is 4.19. The molecule has 10 heteroatoms. The molecular formula is C33H37F3N2O4Si. The van der Waals surface area contributed by atoms with Crippen LogP contribution in [0.2, 0.25) is 25.7 Å². The molecule has 0 atom stereocenters. The molecule has 0 aliphatic carbocycles. The van der Waals surface area contributed by atoms with E-state index in [0.29, 0.717) is 54.8 Å². The molecule has 0 bridgehead atoms. The van der Waals surface area contributed by atoms with Gasteiger partial charge >= 0.3 is 0 Å². The van der Waals surface area contributed by atoms with Crippen LogP contribution in [0.25, 0.3) is 22.2 Å². The summed E-state index contributed by atoms with van der Waals surface area (Å²) in [7, 11) is -1.30. The van der Waals surface area contributed by atoms with Gasteiger partial charge in [0.15, 0.2) is 17.4 Å². The summed E-state index contributed by atoms with van der Waals surface area (Å²) in [5.74, 6) is -2.80. The minimum Gasteiger partial charge on any atom is -0.450 e. The highest BCUT2D eigenvalue weighted by Gasteiger charge is 2.33. The Morgan fingerprint density at radius 3 is 2.49 bits per heavy atom. The molecule has 1 saturated heterocycles. The van der Waals surface area contributed by atoms with E-state index in [4.69, 9.17) is 14.2 Å². The fraction of sp³-hybridized carbons (Fsp3) is 0.394. The van der Waals surface area contributed by atoms with Crippen LogP contribution in [0.3, 0.4) is 0 Å². The smallest absolute Gasteiger partial charge is 0.198 e. The van der Waals surface area contributed by atoms with Crippen LogP contribution in [-0.4, -0.2) is 43.2 Å². The number of rotatable bonds is 13. The predicted octanol–water partition coefficient (Wildman–Crippen LogP) is 8.15. The van der Waals surface area contributed by atoms with Crippen molar-refractivity contribution in [3.63, 3.8) is 0 Å². The molecule has 0 spiro atoms. The number of carbonyl (C=O) groups excluding carboxylic acids is 1. The maximum absolute atomic E-state index is 15.3. The number of benzene rings is 2. The van der Waals surface area contributed by atoms with Gasteiger partial charge in [-0.25, -0.2) is 18.2 Å². The first-order valence-electron chi connectivity index (χ1n) is 14.5. The van der Waals surface area contributed by atoms with Gasteiger partial charge in [0.2, 0.25) is 0 Å². The SMILES string of the molecule is CC1(CCC(=O)Cc2cc(F)c(Oc3ccnc4c3c(-c3cccc(F)c3)cn4COCC[Si](C)(C)C)c(F)c2)COC1. The zero-order valence-electron chi connectivity index (χ0n) is 25.0. The molecule has 0 N–H and O–H groups in total. The number of fused-ring (bicyclic) bond motifs is 1. The second kappa shape index (κ2) is 12.6. The minimum atomic E-state index is -1.30. The maximum atomic E-state index is 15.3. The summed E-state index contributed by atoms with van der Waals surface area (Å²) < 4.78 is 63.6. The van der Waals surface area contributed by atoms with Crippen LogP contribution in [0.1, 0.15) is 25.3 Å². The lowest BCUT2D eigenvalue weighted by Crippen LogP contribution is -2.40. The molecular weight excluding hydrogens is 573 g/mol. The van der Waals surface area contributed by atoms with Crippen LogP contribution >= 0.6 is 0 Å². The first-order chi connectivity index (χ1) is 20.4. The largest absolute Gasteiger partial charge is 0.450 e. The number of pyridine rings is 1. The van der Waals surface area contributed by atoms with E-state index in [1.165, 1.54) is 24.4 Å². The standard InChI is InChI=1S/C33H37F3N2O4Si/c1-33(19-41-20-33)10-8-25(39)14-22-15-27(35)31(28(36)16-22)42-29-9-11-37-32-30(29)26(23-6-5-7-24(34)17-23)18-38(32)21-40-12-13-43(2,3)4/h5-7,9,11,15-18H,8,10,12-14,19-21H2,1-4H3. The molecule has 2 aromatic carbocycles. The Hall–Kier alpha value is -3.47. The highest BCUT2D eigenvalue weighted by molar-refractivity contribution is 6.76. The molecule has 1 aliphatic heterocycles. The van der Waals surface area contributed by atoms with Crippen molar-refractivity contribution in [3.05, 3.63) is 77.9 Å². The van der Waals surface area contributed by atoms with Crippen LogP contribution in [0.5, 0.6) is 11.5 Å². The first-order valence-corrected chi connectivity index (χ1v) is 18.2. The lowest BCUT2D eigenvalue weighted by Gasteiger charge is -2.37. The van der Waals surface area contributed by atoms with Crippen LogP contribution in [0.15, 0.2) is 54.9 Å². The highest BCUT2D eigenvalue weighted by atomic mass is 28.3. The van der Waals surface area contributed by atoms with Crippen molar-refractivity contribution in [1.82, 2.24) is 9.55 Å². The molecule has 2 aromatic heterocycles. The van der Waals surface area contributed by atoms with Gasteiger partial charge in [0, 0.05) is 50.9 Å². The van der Waals surface area contributed by atoms with Gasteiger partial charge < -0.3 is 18.8 Å². The van der Waals surface area contributed by atoms with Gasteiger partial charge in [-0.15, -0.1) is 0 Å². The number of aromatic nitrogens is 2. The van der Waals surface area contributed by atoms with Crippen molar-refractivity contribution in [1.29, 1.82) is 0 Å². The van der Waals surface area contributed by atoms with Crippen LogP contribution in [-0.2, 0) is 27.4 Å². The van der Waals surface area contributed by atoms with E-state index in [-0.39, 0.29) is 35.7 Å². The average Bonchev–Trinajstić information content (AvgIpc) is 3.30. The normalized spacial score (nSPS) is 14.6. The van der Waals surface area contributed by atoms with Gasteiger partial charge in [0.25, 0.3) is 0 Å². The Morgan fingerprint density at radius 2 is 1.84 bits per heavy atom. The van der Waals surface area contributed by atoms with E-state index in [1.54, 1.807) is 22.9 Å². The van der Waals surface area contributed by atoms with Gasteiger partial charge in [-0.2, -0.15) is 0 Å². The molecule has 1 fully saturated rings. The summed E-state index contributed by atoms with van der Waals surface area (Å²) in [6.45, 7) is 10.9. The van der Waals surface area contributed by atoms with Crippen molar-refractivity contribution in [2.24, 2.45) is 5.41 Å². The summed E-state index contributed by atoms with van der Waals surface area (Å²) in [5, 5.41) is 0.466. The summed E-state index contributed by atoms with van der Waals surface area (Å²) in [4.78, 5) is 17.0. The zero-order chi connectivity index (χ0) is 30.8. The lowest BCUT2D eigenvalue weighted by atomic mass is 9.82. The number of carbonyl (C=O) groups is 1. The van der Waals surface area contributed by atoms with E-state index < -0.39 is 31.3 Å². The van der Waals surface area contributed by atoms with Gasteiger partial charge in [0.05, 0.1) is 18.6 Å². The Morgan fingerprint density at radius 1 is 1.09 bits per heavy atom. The maximum Gasteiger partial charge on any atom is 0.198 e. The number of halogens is 3. The van der Waals surface area contributed by atoms with Crippen LogP contribution in [0, 0.1) is 22.9 Å². The molecule has 0 unspecified atom stereocenters. The average molecular weight is 611 g/mol. The van der Waals surface area contributed by atoms with Crippen LogP contribution in [0.4, 0.5) is 13.2 Å². The molecule has 6 nitrogen and oxygen atoms in total. The van der Waals surface area contributed by atoms with Crippen molar-refractivity contribution >= 4 is 24.9 Å². The molecule has 0 radical (unpaired) electrons. The number of ketones is 1. The van der Waals surface area contributed by atoms with Gasteiger partial charge in [-0.05, 0) is 53.9 Å². The second-order valence-electron chi connectivity index (χ2n) is 12.9. The van der Waals surface area contributed by atoms with E-state index in [0.717, 1.165) is 18.2 Å². The molecule has 0 saturated carbocycles. The summed E-state index contributed by atoms with van der Waals surface area (Å²) >= 11 is 0. The number of Topliss-reactive ketones (excluding diaryl/α,β-unsaturated/α-hetero) is 1. The zero-order valence-corrected chi connectivity index (χ0v) is 26.0. The Bertz CT molecular complexity index is 1610. The van der Waals surface area contributed by atoms with E-state index in [1.807, 2.05) is 0 Å². The van der Waals surface area contributed by atoms with Crippen molar-refractivity contribution < 1.29 is 32.2 Å². The van der Waals surface area contributed by atoms with Crippen molar-refractivity contribution in [2.45, 2.75) is 58.6 Å². The van der Waals surface area contributed by atoms with Gasteiger partial charge in [-0.1, -0.05) is 38.7 Å². The molecule has 43 heavy (non-hydrogen) atoms. The fourth-order valence-corrected chi connectivity index (χ4v) is 5.82. The lowest BCUT2D eigenvalue weighted by molar-refractivity contribution is -0.125. The second-order valence-corrected chi connectivity index (χ2v) is 18.5. The third-order valence-electron chi connectivity index (χ3n) is 7.66. The third-order valence-corrected chi connectivity index (χ3v) is 9.37. The topological polar surface area (TPSA) is 62.6 Å². The van der Waals surface area contributed by atoms with E-state index in [9.17, 15) is 9.18 Å². The van der Waals surface area contributed by atoms with Crippen molar-refractivity contribution in [2.75, 3.05) is 19.8 Å². The van der Waals surface area contributed by atoms with Crippen LogP contribution < -0.4 is 4.74 Å². The minimum absolute atomic E-state index is 0.0108. The number of hydrogen-bond acceptors (Lipinski definition) is 5. The quantitative estimate of drug-likeness (QED) is 0.113. The first kappa shape index (κ1) is 31.0. The molecule has 1 aliphatic rings. The molecule has 228 valence electrons. The molecule has 3 heterocycles.